The van der Waals surface area contributed by atoms with Crippen LogP contribution < -0.4 is 15.8 Å². The van der Waals surface area contributed by atoms with Gasteiger partial charge in [-0.3, -0.25) is 4.79 Å². The summed E-state index contributed by atoms with van der Waals surface area (Å²) >= 11 is 0. The van der Waals surface area contributed by atoms with Gasteiger partial charge in [0, 0.05) is 5.56 Å². The van der Waals surface area contributed by atoms with E-state index in [1.807, 2.05) is 38.1 Å². The maximum Gasteiger partial charge on any atom is 0.240 e. The molecule has 2 unspecified atom stereocenters. The standard InChI is InChI=1S/C15H24N2O2.ClH/c1-5-10-15(3,16)14(18)17-11(2)12-8-6-7-9-13(12)19-4;/h6-9,11H,5,10,16H2,1-4H3,(H,17,18);1H. The second-order valence-corrected chi connectivity index (χ2v) is 5.10. The summed E-state index contributed by atoms with van der Waals surface area (Å²) in [5, 5.41) is 2.95. The zero-order chi connectivity index (χ0) is 14.5. The van der Waals surface area contributed by atoms with Crippen LogP contribution in [0.1, 0.15) is 45.2 Å². The monoisotopic (exact) mass is 300 g/mol. The molecule has 1 aromatic rings. The topological polar surface area (TPSA) is 64.4 Å². The highest BCUT2D eigenvalue weighted by molar-refractivity contribution is 5.86. The van der Waals surface area contributed by atoms with Crippen LogP contribution in [0.15, 0.2) is 24.3 Å². The predicted molar refractivity (Wildman–Crippen MR) is 84.3 cm³/mol. The lowest BCUT2D eigenvalue weighted by molar-refractivity contribution is -0.126. The third-order valence-corrected chi connectivity index (χ3v) is 3.24. The second kappa shape index (κ2) is 8.12. The van der Waals surface area contributed by atoms with E-state index < -0.39 is 5.54 Å². The molecule has 0 spiro atoms. The zero-order valence-electron chi connectivity index (χ0n) is 12.6. The number of carbonyl (C=O) groups is 1. The maximum absolute atomic E-state index is 12.2. The summed E-state index contributed by atoms with van der Waals surface area (Å²) in [6, 6.07) is 7.52. The molecule has 114 valence electrons. The van der Waals surface area contributed by atoms with Gasteiger partial charge in [0.25, 0.3) is 0 Å². The minimum atomic E-state index is -0.828. The van der Waals surface area contributed by atoms with Gasteiger partial charge in [-0.15, -0.1) is 12.4 Å². The van der Waals surface area contributed by atoms with Gasteiger partial charge in [0.15, 0.2) is 0 Å². The molecule has 1 amide bonds. The van der Waals surface area contributed by atoms with Gasteiger partial charge in [-0.1, -0.05) is 31.5 Å². The average Bonchev–Trinajstić information content (AvgIpc) is 2.38. The molecule has 0 saturated heterocycles. The molecule has 1 aromatic carbocycles. The molecule has 5 heteroatoms. The number of hydrogen-bond donors (Lipinski definition) is 2. The van der Waals surface area contributed by atoms with Crippen molar-refractivity contribution in [2.75, 3.05) is 7.11 Å². The molecule has 0 aliphatic carbocycles. The molecule has 3 N–H and O–H groups in total. The predicted octanol–water partition coefficient (Wildman–Crippen LogP) is 2.81. The van der Waals surface area contributed by atoms with Crippen LogP contribution in [0.3, 0.4) is 0 Å². The number of nitrogens with one attached hydrogen (secondary N) is 1. The van der Waals surface area contributed by atoms with Crippen LogP contribution in [0, 0.1) is 0 Å². The second-order valence-electron chi connectivity index (χ2n) is 5.10. The fourth-order valence-electron chi connectivity index (χ4n) is 2.10. The molecule has 0 radical (unpaired) electrons. The van der Waals surface area contributed by atoms with Crippen LogP contribution in [0.25, 0.3) is 0 Å². The number of rotatable bonds is 6. The number of para-hydroxylation sites is 1. The Bertz CT molecular complexity index is 436. The van der Waals surface area contributed by atoms with Gasteiger partial charge < -0.3 is 15.8 Å². The van der Waals surface area contributed by atoms with Crippen molar-refractivity contribution in [1.82, 2.24) is 5.32 Å². The summed E-state index contributed by atoms with van der Waals surface area (Å²) in [5.41, 5.74) is 6.15. The van der Waals surface area contributed by atoms with Crippen LogP contribution in [-0.4, -0.2) is 18.6 Å². The Morgan fingerprint density at radius 1 is 1.45 bits per heavy atom. The Labute approximate surface area is 127 Å². The van der Waals surface area contributed by atoms with E-state index in [0.29, 0.717) is 6.42 Å². The third kappa shape index (κ3) is 4.69. The SMILES string of the molecule is CCCC(C)(N)C(=O)NC(C)c1ccccc1OC.Cl. The van der Waals surface area contributed by atoms with Crippen LogP contribution in [-0.2, 0) is 4.79 Å². The molecular formula is C15H25ClN2O2. The van der Waals surface area contributed by atoms with E-state index in [9.17, 15) is 4.79 Å². The van der Waals surface area contributed by atoms with Crippen molar-refractivity contribution < 1.29 is 9.53 Å². The number of carbonyl (C=O) groups excluding carboxylic acids is 1. The van der Waals surface area contributed by atoms with E-state index in [1.165, 1.54) is 0 Å². The van der Waals surface area contributed by atoms with E-state index in [0.717, 1.165) is 17.7 Å². The fraction of sp³-hybridized carbons (Fsp3) is 0.533. The highest BCUT2D eigenvalue weighted by Crippen LogP contribution is 2.24. The number of hydrogen-bond acceptors (Lipinski definition) is 3. The van der Waals surface area contributed by atoms with Crippen LogP contribution in [0.4, 0.5) is 0 Å². The Morgan fingerprint density at radius 3 is 2.60 bits per heavy atom. The molecule has 0 aliphatic rings. The molecule has 0 aliphatic heterocycles. The molecule has 0 saturated carbocycles. The molecule has 20 heavy (non-hydrogen) atoms. The average molecular weight is 301 g/mol. The smallest absolute Gasteiger partial charge is 0.240 e. The first-order valence-electron chi connectivity index (χ1n) is 6.65. The van der Waals surface area contributed by atoms with Crippen molar-refractivity contribution in [2.24, 2.45) is 5.73 Å². The molecule has 0 fully saturated rings. The lowest BCUT2D eigenvalue weighted by Crippen LogP contribution is -2.52. The largest absolute Gasteiger partial charge is 0.496 e. The molecular weight excluding hydrogens is 276 g/mol. The number of benzene rings is 1. The highest BCUT2D eigenvalue weighted by atomic mass is 35.5. The minimum absolute atomic E-state index is 0. The molecule has 0 aromatic heterocycles. The summed E-state index contributed by atoms with van der Waals surface area (Å²) in [6.07, 6.45) is 1.54. The van der Waals surface area contributed by atoms with E-state index in [2.05, 4.69) is 5.32 Å². The van der Waals surface area contributed by atoms with Gasteiger partial charge >= 0.3 is 0 Å². The van der Waals surface area contributed by atoms with Gasteiger partial charge in [0.05, 0.1) is 18.7 Å². The van der Waals surface area contributed by atoms with E-state index >= 15 is 0 Å². The summed E-state index contributed by atoms with van der Waals surface area (Å²) in [4.78, 5) is 12.2. The summed E-state index contributed by atoms with van der Waals surface area (Å²) in [5.74, 6) is 0.636. The summed E-state index contributed by atoms with van der Waals surface area (Å²) in [6.45, 7) is 5.71. The molecule has 0 bridgehead atoms. The van der Waals surface area contributed by atoms with E-state index in [-0.39, 0.29) is 24.4 Å². The zero-order valence-corrected chi connectivity index (χ0v) is 13.4. The van der Waals surface area contributed by atoms with Crippen LogP contribution in [0.2, 0.25) is 0 Å². The van der Waals surface area contributed by atoms with Crippen LogP contribution >= 0.6 is 12.4 Å². The first kappa shape index (κ1) is 18.7. The minimum Gasteiger partial charge on any atom is -0.496 e. The first-order chi connectivity index (χ1) is 8.92. The van der Waals surface area contributed by atoms with Crippen molar-refractivity contribution in [3.8, 4) is 5.75 Å². The number of nitrogens with two attached hydrogens (primary N) is 1. The van der Waals surface area contributed by atoms with E-state index in [4.69, 9.17) is 10.5 Å². The number of methoxy groups -OCH3 is 1. The Hall–Kier alpha value is -1.26. The van der Waals surface area contributed by atoms with Crippen molar-refractivity contribution in [1.29, 1.82) is 0 Å². The molecule has 2 atom stereocenters. The van der Waals surface area contributed by atoms with Gasteiger partial charge in [0.1, 0.15) is 5.75 Å². The third-order valence-electron chi connectivity index (χ3n) is 3.24. The van der Waals surface area contributed by atoms with Gasteiger partial charge in [-0.25, -0.2) is 0 Å². The normalized spacial score (nSPS) is 14.7. The molecule has 4 nitrogen and oxygen atoms in total. The highest BCUT2D eigenvalue weighted by Gasteiger charge is 2.28. The Kier molecular flexibility index (Phi) is 7.61. The number of ether oxygens (including phenoxy) is 1. The lowest BCUT2D eigenvalue weighted by atomic mass is 9.95. The Morgan fingerprint density at radius 2 is 2.05 bits per heavy atom. The lowest BCUT2D eigenvalue weighted by Gasteiger charge is -2.26. The fourth-order valence-corrected chi connectivity index (χ4v) is 2.10. The number of halogens is 1. The molecule has 1 rings (SSSR count). The van der Waals surface area contributed by atoms with Crippen LogP contribution in [0.5, 0.6) is 5.75 Å². The maximum atomic E-state index is 12.2. The summed E-state index contributed by atoms with van der Waals surface area (Å²) in [7, 11) is 1.62. The number of amides is 1. The summed E-state index contributed by atoms with van der Waals surface area (Å²) < 4.78 is 5.30. The Balaban J connectivity index is 0.00000361. The van der Waals surface area contributed by atoms with Crippen molar-refractivity contribution >= 4 is 18.3 Å². The van der Waals surface area contributed by atoms with Crippen molar-refractivity contribution in [2.45, 2.75) is 45.2 Å². The van der Waals surface area contributed by atoms with Gasteiger partial charge in [-0.2, -0.15) is 0 Å². The van der Waals surface area contributed by atoms with Gasteiger partial charge in [-0.05, 0) is 26.3 Å². The van der Waals surface area contributed by atoms with E-state index in [1.54, 1.807) is 14.0 Å². The van der Waals surface area contributed by atoms with Gasteiger partial charge in [0.2, 0.25) is 5.91 Å². The first-order valence-corrected chi connectivity index (χ1v) is 6.65. The molecule has 0 heterocycles. The van der Waals surface area contributed by atoms with Crippen molar-refractivity contribution in [3.63, 3.8) is 0 Å². The quantitative estimate of drug-likeness (QED) is 0.849. The van der Waals surface area contributed by atoms with Crippen molar-refractivity contribution in [3.05, 3.63) is 29.8 Å².